The first-order valence-electron chi connectivity index (χ1n) is 7.73. The van der Waals surface area contributed by atoms with Gasteiger partial charge in [-0.25, -0.2) is 0 Å². The van der Waals surface area contributed by atoms with E-state index in [1.54, 1.807) is 6.08 Å². The fourth-order valence-electron chi connectivity index (χ4n) is 2.69. The minimum Gasteiger partial charge on any atom is -0.388 e. The van der Waals surface area contributed by atoms with E-state index in [0.29, 0.717) is 19.1 Å². The van der Waals surface area contributed by atoms with Crippen LogP contribution >= 0.6 is 0 Å². The molecule has 0 bridgehead atoms. The first-order valence-corrected chi connectivity index (χ1v) is 7.73. The molecule has 2 aliphatic rings. The molecule has 3 rings (SSSR count). The standard InChI is InChI=1S/C18H22O3/c19-17(15-10-11-15)9-5-2-6-12-18(20-13-14-21-18)16-7-3-1-4-8-16/h1-4,7-9,15,17,19H,6,10-14H2. The van der Waals surface area contributed by atoms with Crippen molar-refractivity contribution in [3.63, 3.8) is 0 Å². The molecule has 0 aromatic heterocycles. The molecule has 1 N–H and O–H groups in total. The maximum absolute atomic E-state index is 9.74. The van der Waals surface area contributed by atoms with Crippen molar-refractivity contribution in [1.82, 2.24) is 0 Å². The van der Waals surface area contributed by atoms with E-state index < -0.39 is 5.79 Å². The van der Waals surface area contributed by atoms with E-state index in [2.05, 4.69) is 5.73 Å². The van der Waals surface area contributed by atoms with Crippen molar-refractivity contribution in [3.8, 4) is 0 Å². The molecule has 0 spiro atoms. The van der Waals surface area contributed by atoms with Crippen molar-refractivity contribution in [2.24, 2.45) is 5.92 Å². The van der Waals surface area contributed by atoms with Crippen molar-refractivity contribution in [2.75, 3.05) is 13.2 Å². The Labute approximate surface area is 125 Å². The molecule has 2 fully saturated rings. The zero-order chi connectivity index (χ0) is 14.5. The zero-order valence-corrected chi connectivity index (χ0v) is 12.2. The van der Waals surface area contributed by atoms with Crippen molar-refractivity contribution in [1.29, 1.82) is 0 Å². The SMILES string of the molecule is OC(C=C=CCCC1(c2ccccc2)OCCO1)C1CC1. The summed E-state index contributed by atoms with van der Waals surface area (Å²) in [5.41, 5.74) is 4.16. The van der Waals surface area contributed by atoms with Crippen molar-refractivity contribution < 1.29 is 14.6 Å². The Morgan fingerprint density at radius 3 is 2.62 bits per heavy atom. The molecular weight excluding hydrogens is 264 g/mol. The van der Waals surface area contributed by atoms with Gasteiger partial charge in [-0.3, -0.25) is 0 Å². The van der Waals surface area contributed by atoms with Gasteiger partial charge in [-0.1, -0.05) is 30.3 Å². The molecule has 0 radical (unpaired) electrons. The fraction of sp³-hybridized carbons (Fsp3) is 0.500. The average Bonchev–Trinajstić information content (AvgIpc) is 3.27. The molecule has 1 aliphatic heterocycles. The highest BCUT2D eigenvalue weighted by Gasteiger charge is 2.37. The Bertz CT molecular complexity index is 507. The lowest BCUT2D eigenvalue weighted by atomic mass is 10.0. The van der Waals surface area contributed by atoms with E-state index in [1.807, 2.05) is 36.4 Å². The van der Waals surface area contributed by atoms with Crippen LogP contribution in [0.25, 0.3) is 0 Å². The molecule has 1 saturated carbocycles. The second-order valence-electron chi connectivity index (χ2n) is 5.72. The molecule has 3 nitrogen and oxygen atoms in total. The Morgan fingerprint density at radius 1 is 1.24 bits per heavy atom. The van der Waals surface area contributed by atoms with E-state index in [9.17, 15) is 5.11 Å². The Balaban J connectivity index is 1.60. The van der Waals surface area contributed by atoms with Gasteiger partial charge in [0.25, 0.3) is 0 Å². The highest BCUT2D eigenvalue weighted by atomic mass is 16.7. The lowest BCUT2D eigenvalue weighted by Gasteiger charge is -2.27. The highest BCUT2D eigenvalue weighted by molar-refractivity contribution is 5.21. The van der Waals surface area contributed by atoms with Gasteiger partial charge in [-0.2, -0.15) is 0 Å². The summed E-state index contributed by atoms with van der Waals surface area (Å²) in [6.07, 6.45) is 7.24. The van der Waals surface area contributed by atoms with E-state index in [-0.39, 0.29) is 6.10 Å². The number of aliphatic hydroxyl groups is 1. The van der Waals surface area contributed by atoms with Crippen LogP contribution in [0.5, 0.6) is 0 Å². The third kappa shape index (κ3) is 3.63. The van der Waals surface area contributed by atoms with Gasteiger partial charge < -0.3 is 14.6 Å². The second kappa shape index (κ2) is 6.59. The van der Waals surface area contributed by atoms with Crippen LogP contribution in [0.15, 0.2) is 48.2 Å². The summed E-state index contributed by atoms with van der Waals surface area (Å²) in [5, 5.41) is 9.74. The molecule has 3 heteroatoms. The number of aliphatic hydroxyl groups excluding tert-OH is 1. The predicted octanol–water partition coefficient (Wildman–Crippen LogP) is 3.15. The topological polar surface area (TPSA) is 38.7 Å². The third-order valence-corrected chi connectivity index (χ3v) is 4.08. The largest absolute Gasteiger partial charge is 0.388 e. The minimum atomic E-state index is -0.617. The van der Waals surface area contributed by atoms with Crippen molar-refractivity contribution in [3.05, 3.63) is 53.8 Å². The molecule has 1 saturated heterocycles. The van der Waals surface area contributed by atoms with Gasteiger partial charge in [0.1, 0.15) is 0 Å². The molecule has 1 atom stereocenters. The summed E-state index contributed by atoms with van der Waals surface area (Å²) < 4.78 is 11.7. The predicted molar refractivity (Wildman–Crippen MR) is 80.6 cm³/mol. The van der Waals surface area contributed by atoms with Crippen molar-refractivity contribution in [2.45, 2.75) is 37.6 Å². The Hall–Kier alpha value is -1.38. The third-order valence-electron chi connectivity index (χ3n) is 4.08. The highest BCUT2D eigenvalue weighted by Crippen LogP contribution is 2.36. The molecule has 1 aromatic carbocycles. The maximum atomic E-state index is 9.74. The lowest BCUT2D eigenvalue weighted by Crippen LogP contribution is -2.26. The summed E-state index contributed by atoms with van der Waals surface area (Å²) in [4.78, 5) is 0. The van der Waals surface area contributed by atoms with Gasteiger partial charge in [0, 0.05) is 12.0 Å². The van der Waals surface area contributed by atoms with Gasteiger partial charge >= 0.3 is 0 Å². The van der Waals surface area contributed by atoms with Crippen LogP contribution in [0, 0.1) is 5.92 Å². The average molecular weight is 286 g/mol. The van der Waals surface area contributed by atoms with Crippen molar-refractivity contribution >= 4 is 0 Å². The molecule has 1 aromatic rings. The summed E-state index contributed by atoms with van der Waals surface area (Å²) in [6.45, 7) is 1.27. The van der Waals surface area contributed by atoms with Crippen LogP contribution in [0.4, 0.5) is 0 Å². The molecule has 1 unspecified atom stereocenters. The molecule has 21 heavy (non-hydrogen) atoms. The van der Waals surface area contributed by atoms with Crippen LogP contribution in [-0.2, 0) is 15.3 Å². The van der Waals surface area contributed by atoms with E-state index in [4.69, 9.17) is 9.47 Å². The number of ether oxygens (including phenoxy) is 2. The number of hydrogen-bond acceptors (Lipinski definition) is 3. The van der Waals surface area contributed by atoms with E-state index >= 15 is 0 Å². The van der Waals surface area contributed by atoms with Gasteiger partial charge in [-0.15, -0.1) is 5.73 Å². The number of rotatable bonds is 6. The van der Waals surface area contributed by atoms with Crippen LogP contribution in [0.3, 0.4) is 0 Å². The molecule has 1 aliphatic carbocycles. The van der Waals surface area contributed by atoms with Gasteiger partial charge in [0.05, 0.1) is 19.3 Å². The van der Waals surface area contributed by atoms with Crippen LogP contribution < -0.4 is 0 Å². The second-order valence-corrected chi connectivity index (χ2v) is 5.72. The molecule has 112 valence electrons. The van der Waals surface area contributed by atoms with Crippen LogP contribution in [0.2, 0.25) is 0 Å². The molecule has 0 amide bonds. The summed E-state index contributed by atoms with van der Waals surface area (Å²) in [6, 6.07) is 10.1. The van der Waals surface area contributed by atoms with Gasteiger partial charge in [-0.05, 0) is 37.3 Å². The normalized spacial score (nSPS) is 21.6. The van der Waals surface area contributed by atoms with E-state index in [0.717, 1.165) is 31.2 Å². The van der Waals surface area contributed by atoms with Gasteiger partial charge in [0.2, 0.25) is 0 Å². The smallest absolute Gasteiger partial charge is 0.195 e. The number of hydrogen-bond donors (Lipinski definition) is 1. The first kappa shape index (κ1) is 14.6. The summed E-state index contributed by atoms with van der Waals surface area (Å²) in [5.74, 6) is -0.155. The zero-order valence-electron chi connectivity index (χ0n) is 12.2. The fourth-order valence-corrected chi connectivity index (χ4v) is 2.69. The minimum absolute atomic E-state index is 0.330. The quantitative estimate of drug-likeness (QED) is 0.816. The first-order chi connectivity index (χ1) is 10.3. The Morgan fingerprint density at radius 2 is 1.95 bits per heavy atom. The van der Waals surface area contributed by atoms with Crippen LogP contribution in [0.1, 0.15) is 31.2 Å². The van der Waals surface area contributed by atoms with E-state index in [1.165, 1.54) is 0 Å². The number of benzene rings is 1. The summed E-state index contributed by atoms with van der Waals surface area (Å²) >= 11 is 0. The molecular formula is C18H22O3. The lowest BCUT2D eigenvalue weighted by molar-refractivity contribution is -0.170. The summed E-state index contributed by atoms with van der Waals surface area (Å²) in [7, 11) is 0. The van der Waals surface area contributed by atoms with Crippen LogP contribution in [-0.4, -0.2) is 24.4 Å². The Kier molecular flexibility index (Phi) is 4.57. The molecule has 1 heterocycles. The van der Waals surface area contributed by atoms with Gasteiger partial charge in [0.15, 0.2) is 5.79 Å². The monoisotopic (exact) mass is 286 g/mol. The maximum Gasteiger partial charge on any atom is 0.195 e.